The van der Waals surface area contributed by atoms with Crippen molar-refractivity contribution in [3.05, 3.63) is 53.3 Å². The van der Waals surface area contributed by atoms with Gasteiger partial charge in [-0.1, -0.05) is 11.3 Å². The van der Waals surface area contributed by atoms with Gasteiger partial charge in [-0.15, -0.1) is 4.31 Å². The molecule has 0 aliphatic carbocycles. The van der Waals surface area contributed by atoms with Crippen molar-refractivity contribution < 1.29 is 14.1 Å². The Morgan fingerprint density at radius 3 is 3.17 bits per heavy atom. The van der Waals surface area contributed by atoms with Crippen LogP contribution in [0.1, 0.15) is 28.1 Å². The quantitative estimate of drug-likeness (QED) is 0.594. The number of hydrogen-bond acceptors (Lipinski definition) is 7. The third-order valence-electron chi connectivity index (χ3n) is 5.07. The molecule has 0 bridgehead atoms. The van der Waals surface area contributed by atoms with E-state index >= 15 is 0 Å². The number of thiazole rings is 1. The molecular formula is C19H18N6O3S2. The van der Waals surface area contributed by atoms with E-state index in [4.69, 9.17) is 0 Å². The van der Waals surface area contributed by atoms with Crippen molar-refractivity contribution in [1.82, 2.24) is 24.4 Å². The van der Waals surface area contributed by atoms with E-state index in [0.717, 1.165) is 16.4 Å². The van der Waals surface area contributed by atoms with Gasteiger partial charge in [0.15, 0.2) is 4.90 Å². The van der Waals surface area contributed by atoms with Crippen LogP contribution < -0.4 is 10.6 Å². The second-order valence-corrected chi connectivity index (χ2v) is 9.49. The van der Waals surface area contributed by atoms with Gasteiger partial charge in [0, 0.05) is 35.6 Å². The predicted octanol–water partition coefficient (Wildman–Crippen LogP) is 1.70. The molecule has 154 valence electrons. The van der Waals surface area contributed by atoms with Gasteiger partial charge in [-0.25, -0.2) is 9.67 Å². The number of rotatable bonds is 4. The monoisotopic (exact) mass is 442 g/mol. The third-order valence-corrected chi connectivity index (χ3v) is 7.65. The van der Waals surface area contributed by atoms with Crippen molar-refractivity contribution in [3.8, 4) is 5.13 Å². The maximum absolute atomic E-state index is 12.9. The van der Waals surface area contributed by atoms with Crippen molar-refractivity contribution >= 4 is 40.2 Å². The van der Waals surface area contributed by atoms with Crippen LogP contribution in [0.5, 0.6) is 0 Å². The van der Waals surface area contributed by atoms with Crippen LogP contribution in [0.2, 0.25) is 0 Å². The van der Waals surface area contributed by atoms with Crippen molar-refractivity contribution in [2.24, 2.45) is 0 Å². The van der Waals surface area contributed by atoms with E-state index in [1.165, 1.54) is 11.3 Å². The first-order valence-electron chi connectivity index (χ1n) is 9.46. The van der Waals surface area contributed by atoms with E-state index in [0.29, 0.717) is 35.7 Å². The standard InChI is InChI=1S/C19H18N6O3S2/c26-17(20-10-13-11-21-19(29-13)24-7-2-6-22-24)12-4-5-16-14(9-12)23-18(27)15-3-1-8-25(15)30(16)28/h2,4-7,9,11,15H,1,3,8,10H2,(H,20,26)(H,23,27). The molecule has 2 unspecified atom stereocenters. The lowest BCUT2D eigenvalue weighted by Crippen LogP contribution is -2.40. The van der Waals surface area contributed by atoms with Crippen LogP contribution in [0.4, 0.5) is 5.69 Å². The van der Waals surface area contributed by atoms with Gasteiger partial charge in [0.05, 0.1) is 23.6 Å². The van der Waals surface area contributed by atoms with E-state index < -0.39 is 11.4 Å². The summed E-state index contributed by atoms with van der Waals surface area (Å²) in [6, 6.07) is 6.31. The Hall–Kier alpha value is -2.73. The molecule has 11 heteroatoms. The summed E-state index contributed by atoms with van der Waals surface area (Å²) >= 11 is 0.0131. The second kappa shape index (κ2) is 7.84. The molecule has 30 heavy (non-hydrogen) atoms. The van der Waals surface area contributed by atoms with E-state index in [1.54, 1.807) is 45.8 Å². The minimum atomic E-state index is -1.42. The summed E-state index contributed by atoms with van der Waals surface area (Å²) in [5.41, 5.74) is 0.823. The minimum Gasteiger partial charge on any atom is -0.593 e. The van der Waals surface area contributed by atoms with Gasteiger partial charge in [-0.05, 0) is 37.1 Å². The predicted molar refractivity (Wildman–Crippen MR) is 112 cm³/mol. The number of anilines is 1. The van der Waals surface area contributed by atoms with Crippen molar-refractivity contribution in [2.75, 3.05) is 11.9 Å². The highest BCUT2D eigenvalue weighted by Crippen LogP contribution is 2.34. The molecule has 2 aromatic heterocycles. The van der Waals surface area contributed by atoms with E-state index in [-0.39, 0.29) is 17.9 Å². The van der Waals surface area contributed by atoms with Gasteiger partial charge in [0.2, 0.25) is 11.0 Å². The summed E-state index contributed by atoms with van der Waals surface area (Å²) in [4.78, 5) is 30.9. The van der Waals surface area contributed by atoms with Crippen LogP contribution in [-0.4, -0.2) is 48.0 Å². The smallest absolute Gasteiger partial charge is 0.251 e. The van der Waals surface area contributed by atoms with Crippen LogP contribution in [0.15, 0.2) is 47.8 Å². The highest BCUT2D eigenvalue weighted by atomic mass is 32.2. The number of carbonyl (C=O) groups is 2. The van der Waals surface area contributed by atoms with Gasteiger partial charge >= 0.3 is 0 Å². The number of benzene rings is 1. The molecule has 0 radical (unpaired) electrons. The summed E-state index contributed by atoms with van der Waals surface area (Å²) in [5.74, 6) is -0.454. The Morgan fingerprint density at radius 1 is 1.43 bits per heavy atom. The molecule has 9 nitrogen and oxygen atoms in total. The minimum absolute atomic E-state index is 0.173. The average molecular weight is 443 g/mol. The highest BCUT2D eigenvalue weighted by Gasteiger charge is 2.43. The van der Waals surface area contributed by atoms with Crippen LogP contribution in [0.25, 0.3) is 5.13 Å². The highest BCUT2D eigenvalue weighted by molar-refractivity contribution is 7.89. The Morgan fingerprint density at radius 2 is 2.33 bits per heavy atom. The molecule has 2 N–H and O–H groups in total. The molecule has 1 aromatic carbocycles. The number of amides is 2. The lowest BCUT2D eigenvalue weighted by Gasteiger charge is -2.21. The van der Waals surface area contributed by atoms with Crippen LogP contribution in [-0.2, 0) is 22.7 Å². The first-order chi connectivity index (χ1) is 14.6. The fourth-order valence-corrected chi connectivity index (χ4v) is 5.85. The topological polar surface area (TPSA) is 115 Å². The average Bonchev–Trinajstić information content (AvgIpc) is 3.51. The Kier molecular flexibility index (Phi) is 5.03. The van der Waals surface area contributed by atoms with Crippen LogP contribution >= 0.6 is 11.3 Å². The Balaban J connectivity index is 1.30. The third kappa shape index (κ3) is 3.49. The van der Waals surface area contributed by atoms with Gasteiger partial charge in [0.1, 0.15) is 6.04 Å². The number of hydrogen-bond donors (Lipinski definition) is 2. The molecule has 2 amide bonds. The summed E-state index contributed by atoms with van der Waals surface area (Å²) in [5, 5.41) is 10.6. The van der Waals surface area contributed by atoms with E-state index in [1.807, 2.05) is 6.07 Å². The number of aromatic nitrogens is 3. The van der Waals surface area contributed by atoms with E-state index in [2.05, 4.69) is 20.7 Å². The molecule has 0 spiro atoms. The number of fused-ring (bicyclic) bond motifs is 2. The molecule has 0 saturated carbocycles. The fourth-order valence-electron chi connectivity index (χ4n) is 3.60. The normalized spacial score (nSPS) is 20.9. The maximum atomic E-state index is 12.9. The first-order valence-corrected chi connectivity index (χ1v) is 11.4. The number of nitrogens with one attached hydrogen (secondary N) is 2. The molecule has 2 aliphatic heterocycles. The van der Waals surface area contributed by atoms with Gasteiger partial charge in [0.25, 0.3) is 5.91 Å². The number of nitrogens with zero attached hydrogens (tertiary/aromatic N) is 4. The van der Waals surface area contributed by atoms with Gasteiger partial charge in [-0.2, -0.15) is 5.10 Å². The molecule has 2 aliphatic rings. The Bertz CT molecular complexity index is 1100. The SMILES string of the molecule is O=C(NCc1cnc(-n2cccn2)s1)c1ccc2c(c1)NC(=O)C1CCCN1[S+]2[O-]. The molecule has 4 heterocycles. The molecule has 2 atom stereocenters. The molecular weight excluding hydrogens is 424 g/mol. The second-order valence-electron chi connectivity index (χ2n) is 6.99. The first kappa shape index (κ1) is 19.2. The zero-order valence-corrected chi connectivity index (χ0v) is 17.4. The van der Waals surface area contributed by atoms with Crippen molar-refractivity contribution in [1.29, 1.82) is 0 Å². The summed E-state index contributed by atoms with van der Waals surface area (Å²) < 4.78 is 16.3. The summed E-state index contributed by atoms with van der Waals surface area (Å²) in [6.07, 6.45) is 6.72. The summed E-state index contributed by atoms with van der Waals surface area (Å²) in [6.45, 7) is 0.949. The summed E-state index contributed by atoms with van der Waals surface area (Å²) in [7, 11) is 0. The zero-order valence-electron chi connectivity index (χ0n) is 15.8. The Labute approximate surface area is 179 Å². The fraction of sp³-hybridized carbons (Fsp3) is 0.263. The molecule has 1 fully saturated rings. The van der Waals surface area contributed by atoms with Crippen LogP contribution in [0.3, 0.4) is 0 Å². The van der Waals surface area contributed by atoms with Crippen molar-refractivity contribution in [3.63, 3.8) is 0 Å². The van der Waals surface area contributed by atoms with Crippen LogP contribution in [0, 0.1) is 0 Å². The largest absolute Gasteiger partial charge is 0.593 e. The molecule has 3 aromatic rings. The lowest BCUT2D eigenvalue weighted by atomic mass is 10.1. The van der Waals surface area contributed by atoms with Gasteiger partial charge < -0.3 is 15.2 Å². The van der Waals surface area contributed by atoms with Crippen molar-refractivity contribution in [2.45, 2.75) is 30.3 Å². The van der Waals surface area contributed by atoms with E-state index in [9.17, 15) is 14.1 Å². The maximum Gasteiger partial charge on any atom is 0.251 e. The number of carbonyl (C=O) groups excluding carboxylic acids is 2. The molecule has 1 saturated heterocycles. The molecule has 5 rings (SSSR count). The lowest BCUT2D eigenvalue weighted by molar-refractivity contribution is -0.119. The van der Waals surface area contributed by atoms with Gasteiger partial charge in [-0.3, -0.25) is 9.59 Å². The zero-order chi connectivity index (χ0) is 20.7.